The van der Waals surface area contributed by atoms with Gasteiger partial charge in [-0.15, -0.1) is 0 Å². The van der Waals surface area contributed by atoms with E-state index in [2.05, 4.69) is 25.8 Å². The molecule has 1 aromatic rings. The van der Waals surface area contributed by atoms with Crippen LogP contribution in [0.3, 0.4) is 0 Å². The number of benzene rings is 1. The van der Waals surface area contributed by atoms with Crippen LogP contribution in [0, 0.1) is 0 Å². The molecule has 0 atom stereocenters. The molecule has 10 heavy (non-hydrogen) atoms. The normalized spacial score (nSPS) is 9.40. The summed E-state index contributed by atoms with van der Waals surface area (Å²) in [6.07, 6.45) is 0. The van der Waals surface area contributed by atoms with Crippen molar-refractivity contribution in [1.82, 2.24) is 0 Å². The Morgan fingerprint density at radius 3 is 2.00 bits per heavy atom. The summed E-state index contributed by atoms with van der Waals surface area (Å²) in [5, 5.41) is 0. The van der Waals surface area contributed by atoms with Gasteiger partial charge in [-0.25, -0.2) is 0 Å². The maximum Gasteiger partial charge on any atom is 0.169 e. The maximum atomic E-state index is 5.53. The van der Waals surface area contributed by atoms with Crippen LogP contribution < -0.4 is 11.2 Å². The fourth-order valence-electron chi connectivity index (χ4n) is 0.881. The summed E-state index contributed by atoms with van der Waals surface area (Å²) in [6, 6.07) is 8.02. The SMILES string of the molecule is CB(C)c1ccc(N)cc1. The molecule has 0 aromatic heterocycles. The van der Waals surface area contributed by atoms with E-state index in [1.54, 1.807) is 0 Å². The van der Waals surface area contributed by atoms with Gasteiger partial charge < -0.3 is 5.73 Å². The van der Waals surface area contributed by atoms with Gasteiger partial charge in [0.2, 0.25) is 0 Å². The third-order valence-electron chi connectivity index (χ3n) is 1.60. The number of hydrogen-bond donors (Lipinski definition) is 1. The Labute approximate surface area is 62.3 Å². The molecule has 1 aromatic carbocycles. The molecule has 0 saturated carbocycles. The fraction of sp³-hybridized carbons (Fsp3) is 0.250. The van der Waals surface area contributed by atoms with Crippen molar-refractivity contribution in [3.8, 4) is 0 Å². The van der Waals surface area contributed by atoms with Crippen molar-refractivity contribution in [3.05, 3.63) is 24.3 Å². The van der Waals surface area contributed by atoms with Crippen LogP contribution in [0.25, 0.3) is 0 Å². The zero-order valence-electron chi connectivity index (χ0n) is 6.46. The van der Waals surface area contributed by atoms with E-state index in [0.29, 0.717) is 6.71 Å². The van der Waals surface area contributed by atoms with Crippen LogP contribution in [0.15, 0.2) is 24.3 Å². The van der Waals surface area contributed by atoms with Crippen LogP contribution >= 0.6 is 0 Å². The van der Waals surface area contributed by atoms with E-state index in [-0.39, 0.29) is 0 Å². The highest BCUT2D eigenvalue weighted by Crippen LogP contribution is 1.97. The predicted octanol–water partition coefficient (Wildman–Crippen LogP) is 1.23. The van der Waals surface area contributed by atoms with Gasteiger partial charge >= 0.3 is 0 Å². The van der Waals surface area contributed by atoms with Gasteiger partial charge in [0.15, 0.2) is 6.71 Å². The predicted molar refractivity (Wildman–Crippen MR) is 48.0 cm³/mol. The first-order valence-corrected chi connectivity index (χ1v) is 3.55. The Morgan fingerprint density at radius 2 is 1.60 bits per heavy atom. The number of rotatable bonds is 1. The summed E-state index contributed by atoms with van der Waals surface area (Å²) in [7, 11) is 0. The van der Waals surface area contributed by atoms with Gasteiger partial charge in [-0.1, -0.05) is 31.2 Å². The topological polar surface area (TPSA) is 26.0 Å². The van der Waals surface area contributed by atoms with Gasteiger partial charge in [0.1, 0.15) is 0 Å². The summed E-state index contributed by atoms with van der Waals surface area (Å²) in [4.78, 5) is 0. The first-order valence-electron chi connectivity index (χ1n) is 3.55. The van der Waals surface area contributed by atoms with E-state index in [9.17, 15) is 0 Å². The second-order valence-corrected chi connectivity index (χ2v) is 2.82. The molecule has 0 aliphatic rings. The highest BCUT2D eigenvalue weighted by molar-refractivity contribution is 6.70. The maximum absolute atomic E-state index is 5.53. The minimum Gasteiger partial charge on any atom is -0.399 e. The highest BCUT2D eigenvalue weighted by Gasteiger charge is 1.99. The van der Waals surface area contributed by atoms with Crippen molar-refractivity contribution in [2.45, 2.75) is 13.6 Å². The molecule has 0 aliphatic heterocycles. The second kappa shape index (κ2) is 2.78. The molecule has 0 saturated heterocycles. The molecular formula is C8H12BN. The van der Waals surface area contributed by atoms with E-state index < -0.39 is 0 Å². The molecule has 0 heterocycles. The summed E-state index contributed by atoms with van der Waals surface area (Å²) in [5.74, 6) is 0. The van der Waals surface area contributed by atoms with Gasteiger partial charge in [-0.2, -0.15) is 0 Å². The molecule has 0 radical (unpaired) electrons. The standard InChI is InChI=1S/C8H12BN/c1-9(2)7-3-5-8(10)6-4-7/h3-6H,10H2,1-2H3. The highest BCUT2D eigenvalue weighted by atomic mass is 14.5. The van der Waals surface area contributed by atoms with Gasteiger partial charge in [0.05, 0.1) is 0 Å². The van der Waals surface area contributed by atoms with Gasteiger partial charge in [0, 0.05) is 5.69 Å². The van der Waals surface area contributed by atoms with Gasteiger partial charge in [0.25, 0.3) is 0 Å². The minimum atomic E-state index is 0.598. The van der Waals surface area contributed by atoms with Crippen LogP contribution in [0.2, 0.25) is 13.6 Å². The molecule has 0 aliphatic carbocycles. The molecule has 0 unspecified atom stereocenters. The molecule has 0 bridgehead atoms. The molecule has 0 fully saturated rings. The van der Waals surface area contributed by atoms with Crippen LogP contribution in [0.5, 0.6) is 0 Å². The fourth-order valence-corrected chi connectivity index (χ4v) is 0.881. The Hall–Kier alpha value is -0.915. The van der Waals surface area contributed by atoms with Gasteiger partial charge in [-0.05, 0) is 12.1 Å². The lowest BCUT2D eigenvalue weighted by Crippen LogP contribution is -2.21. The van der Waals surface area contributed by atoms with E-state index in [1.165, 1.54) is 5.46 Å². The minimum absolute atomic E-state index is 0.598. The largest absolute Gasteiger partial charge is 0.399 e. The Bertz CT molecular complexity index is 203. The first kappa shape index (κ1) is 7.20. The Morgan fingerprint density at radius 1 is 1.10 bits per heavy atom. The number of nitrogen functional groups attached to an aromatic ring is 1. The van der Waals surface area contributed by atoms with Crippen LogP contribution in [-0.2, 0) is 0 Å². The molecule has 2 N–H and O–H groups in total. The molecule has 1 nitrogen and oxygen atoms in total. The monoisotopic (exact) mass is 133 g/mol. The van der Waals surface area contributed by atoms with Crippen molar-refractivity contribution in [3.63, 3.8) is 0 Å². The molecular weight excluding hydrogens is 121 g/mol. The van der Waals surface area contributed by atoms with Crippen molar-refractivity contribution >= 4 is 17.9 Å². The first-order chi connectivity index (χ1) is 4.70. The second-order valence-electron chi connectivity index (χ2n) is 2.82. The van der Waals surface area contributed by atoms with Crippen LogP contribution in [0.4, 0.5) is 5.69 Å². The quantitative estimate of drug-likeness (QED) is 0.452. The van der Waals surface area contributed by atoms with Crippen molar-refractivity contribution in [2.24, 2.45) is 0 Å². The van der Waals surface area contributed by atoms with Crippen molar-refractivity contribution in [1.29, 1.82) is 0 Å². The summed E-state index contributed by atoms with van der Waals surface area (Å²) >= 11 is 0. The molecule has 0 spiro atoms. The Balaban J connectivity index is 2.89. The molecule has 52 valence electrons. The van der Waals surface area contributed by atoms with Gasteiger partial charge in [-0.3, -0.25) is 0 Å². The van der Waals surface area contributed by atoms with Crippen molar-refractivity contribution in [2.75, 3.05) is 5.73 Å². The van der Waals surface area contributed by atoms with E-state index in [4.69, 9.17) is 5.73 Å². The average Bonchev–Trinajstić information content (AvgIpc) is 1.88. The summed E-state index contributed by atoms with van der Waals surface area (Å²) in [5.41, 5.74) is 7.71. The van der Waals surface area contributed by atoms with Crippen LogP contribution in [-0.4, -0.2) is 6.71 Å². The third-order valence-corrected chi connectivity index (χ3v) is 1.60. The smallest absolute Gasteiger partial charge is 0.169 e. The lowest BCUT2D eigenvalue weighted by molar-refractivity contribution is 1.71. The molecule has 0 amide bonds. The summed E-state index contributed by atoms with van der Waals surface area (Å²) < 4.78 is 0. The number of anilines is 1. The number of hydrogen-bond acceptors (Lipinski definition) is 1. The molecule has 2 heteroatoms. The summed E-state index contributed by atoms with van der Waals surface area (Å²) in [6.45, 7) is 4.94. The lowest BCUT2D eigenvalue weighted by Gasteiger charge is -2.00. The average molecular weight is 133 g/mol. The van der Waals surface area contributed by atoms with Crippen LogP contribution in [0.1, 0.15) is 0 Å². The Kier molecular flexibility index (Phi) is 2.00. The zero-order valence-corrected chi connectivity index (χ0v) is 6.46. The van der Waals surface area contributed by atoms with E-state index in [1.807, 2.05) is 12.1 Å². The van der Waals surface area contributed by atoms with Crippen molar-refractivity contribution < 1.29 is 0 Å². The number of nitrogens with two attached hydrogens (primary N) is 1. The third kappa shape index (κ3) is 1.53. The molecule has 1 rings (SSSR count). The lowest BCUT2D eigenvalue weighted by atomic mass is 9.49. The van der Waals surface area contributed by atoms with E-state index in [0.717, 1.165) is 5.69 Å². The van der Waals surface area contributed by atoms with E-state index >= 15 is 0 Å². The zero-order chi connectivity index (χ0) is 7.56.